The normalized spacial score (nSPS) is 11.1. The summed E-state index contributed by atoms with van der Waals surface area (Å²) in [5, 5.41) is 10.5. The molecule has 3 nitrogen and oxygen atoms in total. The molecule has 0 aliphatic heterocycles. The second kappa shape index (κ2) is 5.66. The van der Waals surface area contributed by atoms with Gasteiger partial charge in [0, 0.05) is 11.9 Å². The Morgan fingerprint density at radius 1 is 1.37 bits per heavy atom. The van der Waals surface area contributed by atoms with Crippen molar-refractivity contribution in [1.29, 1.82) is 0 Å². The number of aromatic nitrogens is 1. The number of para-hydroxylation sites is 1. The molecule has 1 aromatic heterocycles. The molecule has 0 spiro atoms. The molecule has 0 saturated heterocycles. The summed E-state index contributed by atoms with van der Waals surface area (Å²) in [7, 11) is 0. The highest BCUT2D eigenvalue weighted by Gasteiger charge is 2.21. The van der Waals surface area contributed by atoms with E-state index in [1.807, 2.05) is 22.8 Å². The van der Waals surface area contributed by atoms with Gasteiger partial charge in [-0.3, -0.25) is 0 Å². The maximum atomic E-state index is 11.4. The van der Waals surface area contributed by atoms with E-state index in [2.05, 4.69) is 13.8 Å². The smallest absolute Gasteiger partial charge is 0.339 e. The number of benzene rings is 1. The van der Waals surface area contributed by atoms with Gasteiger partial charge in [-0.25, -0.2) is 4.79 Å². The van der Waals surface area contributed by atoms with Gasteiger partial charge in [0.25, 0.3) is 0 Å². The highest BCUT2D eigenvalue weighted by Crippen LogP contribution is 2.33. The van der Waals surface area contributed by atoms with Crippen molar-refractivity contribution in [1.82, 2.24) is 4.57 Å². The minimum Gasteiger partial charge on any atom is -0.478 e. The van der Waals surface area contributed by atoms with E-state index >= 15 is 0 Å². The monoisotopic (exact) mass is 279 g/mol. The molecule has 0 aliphatic carbocycles. The van der Waals surface area contributed by atoms with E-state index in [1.54, 1.807) is 0 Å². The molecule has 2 rings (SSSR count). The minimum atomic E-state index is -0.960. The van der Waals surface area contributed by atoms with Crippen LogP contribution in [0.15, 0.2) is 18.2 Å². The van der Waals surface area contributed by atoms with Crippen LogP contribution in [0.3, 0.4) is 0 Å². The molecule has 0 radical (unpaired) electrons. The summed E-state index contributed by atoms with van der Waals surface area (Å²) in [6.45, 7) is 4.94. The largest absolute Gasteiger partial charge is 0.478 e. The van der Waals surface area contributed by atoms with Gasteiger partial charge in [-0.2, -0.15) is 0 Å². The lowest BCUT2D eigenvalue weighted by Gasteiger charge is -2.09. The van der Waals surface area contributed by atoms with Crippen LogP contribution in [-0.4, -0.2) is 15.6 Å². The van der Waals surface area contributed by atoms with Crippen molar-refractivity contribution in [2.24, 2.45) is 0 Å². The van der Waals surface area contributed by atoms with Crippen LogP contribution in [0.5, 0.6) is 0 Å². The highest BCUT2D eigenvalue weighted by molar-refractivity contribution is 6.35. The zero-order chi connectivity index (χ0) is 14.0. The van der Waals surface area contributed by atoms with Crippen LogP contribution in [0.4, 0.5) is 0 Å². The van der Waals surface area contributed by atoms with Gasteiger partial charge >= 0.3 is 5.97 Å². The van der Waals surface area contributed by atoms with Crippen LogP contribution < -0.4 is 0 Å². The number of carboxylic acid groups (broad SMARTS) is 1. The Bertz CT molecular complexity index is 616. The standard InChI is InChI=1S/C15H18ClNO2/c1-3-5-9-17-13-10(4-2)7-6-8-11(13)12(14(17)16)15(18)19/h6-8H,3-5,9H2,1-2H3,(H,18,19). The molecule has 2 aromatic rings. The fourth-order valence-electron chi connectivity index (χ4n) is 2.47. The summed E-state index contributed by atoms with van der Waals surface area (Å²) in [5.74, 6) is -0.960. The van der Waals surface area contributed by atoms with Gasteiger partial charge in [-0.1, -0.05) is 50.1 Å². The second-order valence-electron chi connectivity index (χ2n) is 4.64. The summed E-state index contributed by atoms with van der Waals surface area (Å²) < 4.78 is 1.95. The molecule has 0 amide bonds. The third-order valence-electron chi connectivity index (χ3n) is 3.43. The van der Waals surface area contributed by atoms with Crippen molar-refractivity contribution in [2.75, 3.05) is 0 Å². The summed E-state index contributed by atoms with van der Waals surface area (Å²) in [6.07, 6.45) is 2.90. The quantitative estimate of drug-likeness (QED) is 0.884. The lowest BCUT2D eigenvalue weighted by atomic mass is 10.1. The first-order chi connectivity index (χ1) is 9.11. The number of rotatable bonds is 5. The molecule has 0 aliphatic rings. The molecule has 1 heterocycles. The van der Waals surface area contributed by atoms with Crippen LogP contribution in [0.25, 0.3) is 10.9 Å². The molecule has 0 atom stereocenters. The molecular formula is C15H18ClNO2. The predicted octanol–water partition coefficient (Wildman–Crippen LogP) is 4.36. The molecule has 19 heavy (non-hydrogen) atoms. The van der Waals surface area contributed by atoms with Gasteiger partial charge in [-0.15, -0.1) is 0 Å². The first-order valence-electron chi connectivity index (χ1n) is 6.64. The third kappa shape index (κ3) is 2.35. The number of carboxylic acids is 1. The zero-order valence-corrected chi connectivity index (χ0v) is 12.0. The number of carbonyl (C=O) groups is 1. The Kier molecular flexibility index (Phi) is 4.15. The number of aryl methyl sites for hydroxylation is 2. The third-order valence-corrected chi connectivity index (χ3v) is 3.83. The number of hydrogen-bond acceptors (Lipinski definition) is 1. The number of hydrogen-bond donors (Lipinski definition) is 1. The Morgan fingerprint density at radius 2 is 2.11 bits per heavy atom. The number of unbranched alkanes of at least 4 members (excludes halogenated alkanes) is 1. The van der Waals surface area contributed by atoms with Crippen molar-refractivity contribution < 1.29 is 9.90 Å². The molecule has 0 saturated carbocycles. The van der Waals surface area contributed by atoms with E-state index in [1.165, 1.54) is 0 Å². The minimum absolute atomic E-state index is 0.225. The van der Waals surface area contributed by atoms with E-state index in [-0.39, 0.29) is 5.56 Å². The summed E-state index contributed by atoms with van der Waals surface area (Å²) >= 11 is 6.29. The van der Waals surface area contributed by atoms with E-state index in [9.17, 15) is 9.90 Å². The number of fused-ring (bicyclic) bond motifs is 1. The average molecular weight is 280 g/mol. The van der Waals surface area contributed by atoms with Gasteiger partial charge < -0.3 is 9.67 Å². The van der Waals surface area contributed by atoms with E-state index < -0.39 is 5.97 Å². The Balaban J connectivity index is 2.77. The van der Waals surface area contributed by atoms with Crippen LogP contribution in [0.2, 0.25) is 5.15 Å². The summed E-state index contributed by atoms with van der Waals surface area (Å²) in [4.78, 5) is 11.4. The van der Waals surface area contributed by atoms with Crippen LogP contribution in [-0.2, 0) is 13.0 Å². The van der Waals surface area contributed by atoms with Crippen LogP contribution in [0, 0.1) is 0 Å². The van der Waals surface area contributed by atoms with Crippen molar-refractivity contribution in [2.45, 2.75) is 39.7 Å². The predicted molar refractivity (Wildman–Crippen MR) is 78.2 cm³/mol. The highest BCUT2D eigenvalue weighted by atomic mass is 35.5. The Hall–Kier alpha value is -1.48. The van der Waals surface area contributed by atoms with Crippen molar-refractivity contribution in [3.8, 4) is 0 Å². The SMILES string of the molecule is CCCCn1c(Cl)c(C(=O)O)c2cccc(CC)c21. The molecule has 0 fully saturated rings. The van der Waals surface area contributed by atoms with Gasteiger partial charge in [-0.05, 0) is 18.4 Å². The van der Waals surface area contributed by atoms with Gasteiger partial charge in [0.15, 0.2) is 0 Å². The van der Waals surface area contributed by atoms with Crippen LogP contribution in [0.1, 0.15) is 42.6 Å². The molecule has 0 unspecified atom stereocenters. The molecular weight excluding hydrogens is 262 g/mol. The first kappa shape index (κ1) is 13.9. The van der Waals surface area contributed by atoms with Gasteiger partial charge in [0.1, 0.15) is 10.7 Å². The van der Waals surface area contributed by atoms with E-state index in [0.29, 0.717) is 5.15 Å². The topological polar surface area (TPSA) is 42.2 Å². The Labute approximate surface area is 117 Å². The van der Waals surface area contributed by atoms with E-state index in [0.717, 1.165) is 42.3 Å². The molecule has 1 aromatic carbocycles. The van der Waals surface area contributed by atoms with Crippen molar-refractivity contribution in [3.05, 3.63) is 34.5 Å². The second-order valence-corrected chi connectivity index (χ2v) is 5.00. The van der Waals surface area contributed by atoms with Gasteiger partial charge in [0.2, 0.25) is 0 Å². The molecule has 1 N–H and O–H groups in total. The Morgan fingerprint density at radius 3 is 2.68 bits per heavy atom. The molecule has 4 heteroatoms. The van der Waals surface area contributed by atoms with E-state index in [4.69, 9.17) is 11.6 Å². The van der Waals surface area contributed by atoms with Crippen molar-refractivity contribution in [3.63, 3.8) is 0 Å². The van der Waals surface area contributed by atoms with Crippen LogP contribution >= 0.6 is 11.6 Å². The first-order valence-corrected chi connectivity index (χ1v) is 7.02. The lowest BCUT2D eigenvalue weighted by molar-refractivity contribution is 0.0699. The zero-order valence-electron chi connectivity index (χ0n) is 11.2. The maximum absolute atomic E-state index is 11.4. The number of aromatic carboxylic acids is 1. The summed E-state index contributed by atoms with van der Waals surface area (Å²) in [5.41, 5.74) is 2.34. The fraction of sp³-hybridized carbons (Fsp3) is 0.400. The van der Waals surface area contributed by atoms with Crippen molar-refractivity contribution >= 4 is 28.5 Å². The fourth-order valence-corrected chi connectivity index (χ4v) is 2.82. The lowest BCUT2D eigenvalue weighted by Crippen LogP contribution is -2.01. The number of nitrogens with zero attached hydrogens (tertiary/aromatic N) is 1. The van der Waals surface area contributed by atoms with Gasteiger partial charge in [0.05, 0.1) is 5.52 Å². The average Bonchev–Trinajstić information content (AvgIpc) is 2.68. The number of halogens is 1. The molecule has 0 bridgehead atoms. The summed E-state index contributed by atoms with van der Waals surface area (Å²) in [6, 6.07) is 5.77. The molecule has 102 valence electrons. The maximum Gasteiger partial charge on any atom is 0.339 e.